The summed E-state index contributed by atoms with van der Waals surface area (Å²) in [5, 5.41) is 12.2. The number of amides is 1. The Bertz CT molecular complexity index is 880. The lowest BCUT2D eigenvalue weighted by Gasteiger charge is -2.34. The van der Waals surface area contributed by atoms with E-state index in [4.69, 9.17) is 0 Å². The number of aliphatic hydroxyl groups excluding tert-OH is 1. The smallest absolute Gasteiger partial charge is 0.251 e. The maximum absolute atomic E-state index is 12.5. The fourth-order valence-electron chi connectivity index (χ4n) is 2.75. The zero-order chi connectivity index (χ0) is 18.7. The molecule has 0 aliphatic carbocycles. The molecule has 2 N–H and O–H groups in total. The van der Waals surface area contributed by atoms with Gasteiger partial charge in [0.1, 0.15) is 0 Å². The minimum Gasteiger partial charge on any atom is -0.390 e. The molecule has 1 saturated heterocycles. The van der Waals surface area contributed by atoms with Crippen molar-refractivity contribution < 1.29 is 18.3 Å². The van der Waals surface area contributed by atoms with Gasteiger partial charge in [-0.2, -0.15) is 4.31 Å². The Hall–Kier alpha value is -2.29. The lowest BCUT2D eigenvalue weighted by molar-refractivity contribution is 0.0547. The van der Waals surface area contributed by atoms with Crippen LogP contribution in [0.1, 0.15) is 23.0 Å². The first-order valence-electron chi connectivity index (χ1n) is 8.35. The highest BCUT2D eigenvalue weighted by Crippen LogP contribution is 2.22. The van der Waals surface area contributed by atoms with E-state index in [1.807, 2.05) is 25.1 Å². The number of benzene rings is 1. The average Bonchev–Trinajstić information content (AvgIpc) is 2.59. The third-order valence-corrected chi connectivity index (χ3v) is 6.01. The van der Waals surface area contributed by atoms with E-state index in [0.29, 0.717) is 6.42 Å². The van der Waals surface area contributed by atoms with Crippen LogP contribution in [0.2, 0.25) is 0 Å². The summed E-state index contributed by atoms with van der Waals surface area (Å²) in [5.74, 6) is -0.339. The third kappa shape index (κ3) is 4.09. The Labute approximate surface area is 152 Å². The number of rotatable bonds is 6. The van der Waals surface area contributed by atoms with Crippen LogP contribution >= 0.6 is 0 Å². The number of nitrogens with zero attached hydrogens (tertiary/aromatic N) is 2. The average molecular weight is 375 g/mol. The SMILES string of the molecule is C[C@H](Cc1ccccn1)NC(=O)c1cccc(S(=O)(=O)N2CC(O)C2)c1. The number of hydrogen-bond donors (Lipinski definition) is 2. The van der Waals surface area contributed by atoms with Gasteiger partial charge < -0.3 is 10.4 Å². The van der Waals surface area contributed by atoms with Crippen molar-refractivity contribution in [3.63, 3.8) is 0 Å². The highest BCUT2D eigenvalue weighted by atomic mass is 32.2. The number of nitrogens with one attached hydrogen (secondary N) is 1. The van der Waals surface area contributed by atoms with Crippen LogP contribution in [0.3, 0.4) is 0 Å². The summed E-state index contributed by atoms with van der Waals surface area (Å²) in [4.78, 5) is 16.7. The Morgan fingerprint density at radius 2 is 2.08 bits per heavy atom. The van der Waals surface area contributed by atoms with Gasteiger partial charge in [0.2, 0.25) is 10.0 Å². The number of pyridine rings is 1. The van der Waals surface area contributed by atoms with Gasteiger partial charge in [0.25, 0.3) is 5.91 Å². The molecular formula is C18H21N3O4S. The lowest BCUT2D eigenvalue weighted by Crippen LogP contribution is -2.53. The molecule has 0 spiro atoms. The molecule has 1 fully saturated rings. The fourth-order valence-corrected chi connectivity index (χ4v) is 4.31. The minimum atomic E-state index is -3.68. The summed E-state index contributed by atoms with van der Waals surface area (Å²) in [7, 11) is -3.68. The molecule has 7 nitrogen and oxygen atoms in total. The molecule has 138 valence electrons. The van der Waals surface area contributed by atoms with Gasteiger partial charge in [-0.25, -0.2) is 8.42 Å². The minimum absolute atomic E-state index is 0.0504. The third-order valence-electron chi connectivity index (χ3n) is 4.18. The lowest BCUT2D eigenvalue weighted by atomic mass is 10.1. The number of carbonyl (C=O) groups excluding carboxylic acids is 1. The summed E-state index contributed by atoms with van der Waals surface area (Å²) in [6.07, 6.45) is 1.66. The summed E-state index contributed by atoms with van der Waals surface area (Å²) < 4.78 is 26.1. The van der Waals surface area contributed by atoms with Crippen LogP contribution in [0.25, 0.3) is 0 Å². The van der Waals surface area contributed by atoms with Crippen molar-refractivity contribution in [1.29, 1.82) is 0 Å². The van der Waals surface area contributed by atoms with Crippen molar-refractivity contribution in [1.82, 2.24) is 14.6 Å². The maximum atomic E-state index is 12.5. The van der Waals surface area contributed by atoms with E-state index in [9.17, 15) is 18.3 Å². The zero-order valence-electron chi connectivity index (χ0n) is 14.4. The highest BCUT2D eigenvalue weighted by molar-refractivity contribution is 7.89. The van der Waals surface area contributed by atoms with Gasteiger partial charge in [-0.1, -0.05) is 12.1 Å². The van der Waals surface area contributed by atoms with Gasteiger partial charge in [0.15, 0.2) is 0 Å². The topological polar surface area (TPSA) is 99.6 Å². The van der Waals surface area contributed by atoms with Crippen LogP contribution < -0.4 is 5.32 Å². The van der Waals surface area contributed by atoms with Crippen molar-refractivity contribution in [2.75, 3.05) is 13.1 Å². The van der Waals surface area contributed by atoms with Crippen LogP contribution in [0.5, 0.6) is 0 Å². The molecule has 2 heterocycles. The first-order valence-corrected chi connectivity index (χ1v) is 9.79. The van der Waals surface area contributed by atoms with Crippen LogP contribution in [0.4, 0.5) is 0 Å². The summed E-state index contributed by atoms with van der Waals surface area (Å²) in [6, 6.07) is 11.4. The zero-order valence-corrected chi connectivity index (χ0v) is 15.2. The standard InChI is InChI=1S/C18H21N3O4S/c1-13(9-15-6-2-3-8-19-15)20-18(23)14-5-4-7-17(10-14)26(24,25)21-11-16(22)12-21/h2-8,10,13,16,22H,9,11-12H2,1H3,(H,20,23)/t13-/m1/s1. The second-order valence-electron chi connectivity index (χ2n) is 6.40. The van der Waals surface area contributed by atoms with Crippen LogP contribution in [-0.2, 0) is 16.4 Å². The predicted octanol–water partition coefficient (Wildman–Crippen LogP) is 0.808. The van der Waals surface area contributed by atoms with Crippen LogP contribution in [0.15, 0.2) is 53.6 Å². The molecule has 1 aliphatic heterocycles. The van der Waals surface area contributed by atoms with Gasteiger partial charge in [-0.3, -0.25) is 9.78 Å². The maximum Gasteiger partial charge on any atom is 0.251 e. The van der Waals surface area contributed by atoms with E-state index in [1.54, 1.807) is 18.3 Å². The van der Waals surface area contributed by atoms with E-state index in [0.717, 1.165) is 5.69 Å². The van der Waals surface area contributed by atoms with Crippen LogP contribution in [-0.4, -0.2) is 54.0 Å². The van der Waals surface area contributed by atoms with Crippen molar-refractivity contribution in [3.05, 3.63) is 59.9 Å². The van der Waals surface area contributed by atoms with Gasteiger partial charge in [0, 0.05) is 43.0 Å². The number of carbonyl (C=O) groups is 1. The molecule has 0 unspecified atom stereocenters. The molecule has 0 saturated carbocycles. The summed E-state index contributed by atoms with van der Waals surface area (Å²) in [6.45, 7) is 2.04. The number of β-amino-alcohol motifs (C(OH)–C–C–N with tert-alkyl or cyclic N) is 1. The molecular weight excluding hydrogens is 354 g/mol. The van der Waals surface area contributed by atoms with Gasteiger partial charge >= 0.3 is 0 Å². The van der Waals surface area contributed by atoms with E-state index in [1.165, 1.54) is 16.4 Å². The first kappa shape index (κ1) is 18.5. The first-order chi connectivity index (χ1) is 12.4. The number of hydrogen-bond acceptors (Lipinski definition) is 5. The molecule has 26 heavy (non-hydrogen) atoms. The van der Waals surface area contributed by atoms with E-state index in [2.05, 4.69) is 10.3 Å². The quantitative estimate of drug-likeness (QED) is 0.778. The van der Waals surface area contributed by atoms with Crippen molar-refractivity contribution in [2.45, 2.75) is 30.4 Å². The second kappa shape index (κ2) is 7.53. The summed E-state index contributed by atoms with van der Waals surface area (Å²) >= 11 is 0. The molecule has 0 radical (unpaired) electrons. The normalized spacial score (nSPS) is 16.7. The molecule has 1 aromatic heterocycles. The monoisotopic (exact) mass is 375 g/mol. The molecule has 1 atom stereocenters. The Kier molecular flexibility index (Phi) is 5.36. The van der Waals surface area contributed by atoms with E-state index >= 15 is 0 Å². The molecule has 2 aromatic rings. The van der Waals surface area contributed by atoms with E-state index in [-0.39, 0.29) is 35.5 Å². The molecule has 1 aliphatic rings. The molecule has 0 bridgehead atoms. The fraction of sp³-hybridized carbons (Fsp3) is 0.333. The molecule has 1 amide bonds. The Morgan fingerprint density at radius 3 is 2.73 bits per heavy atom. The van der Waals surface area contributed by atoms with Gasteiger partial charge in [-0.05, 0) is 37.3 Å². The number of aliphatic hydroxyl groups is 1. The van der Waals surface area contributed by atoms with Crippen molar-refractivity contribution >= 4 is 15.9 Å². The Morgan fingerprint density at radius 1 is 1.31 bits per heavy atom. The molecule has 3 rings (SSSR count). The van der Waals surface area contributed by atoms with Gasteiger partial charge in [-0.15, -0.1) is 0 Å². The largest absolute Gasteiger partial charge is 0.390 e. The second-order valence-corrected chi connectivity index (χ2v) is 8.34. The highest BCUT2D eigenvalue weighted by Gasteiger charge is 2.35. The van der Waals surface area contributed by atoms with E-state index < -0.39 is 16.1 Å². The Balaban J connectivity index is 1.68. The van der Waals surface area contributed by atoms with Crippen molar-refractivity contribution in [2.24, 2.45) is 0 Å². The molecule has 8 heteroatoms. The van der Waals surface area contributed by atoms with Crippen molar-refractivity contribution in [3.8, 4) is 0 Å². The van der Waals surface area contributed by atoms with Crippen LogP contribution in [0, 0.1) is 0 Å². The van der Waals surface area contributed by atoms with Gasteiger partial charge in [0.05, 0.1) is 11.0 Å². The molecule has 1 aromatic carbocycles. The summed E-state index contributed by atoms with van der Waals surface area (Å²) in [5.41, 5.74) is 1.15. The number of aromatic nitrogens is 1. The predicted molar refractivity (Wildman–Crippen MR) is 96.1 cm³/mol. The number of sulfonamides is 1.